The van der Waals surface area contributed by atoms with Gasteiger partial charge in [-0.2, -0.15) is 0 Å². The molecule has 2 amide bonds. The van der Waals surface area contributed by atoms with E-state index >= 15 is 0 Å². The van der Waals surface area contributed by atoms with Crippen LogP contribution in [0, 0.1) is 5.82 Å². The molecular formula is C18H18ClFN2O2. The number of carbonyl (C=O) groups is 2. The van der Waals surface area contributed by atoms with Crippen molar-refractivity contribution < 1.29 is 14.0 Å². The van der Waals surface area contributed by atoms with Crippen molar-refractivity contribution in [2.45, 2.75) is 26.3 Å². The van der Waals surface area contributed by atoms with E-state index in [1.807, 2.05) is 0 Å². The third-order valence-corrected chi connectivity index (χ3v) is 3.58. The second kappa shape index (κ2) is 7.01. The molecule has 0 saturated carbocycles. The summed E-state index contributed by atoms with van der Waals surface area (Å²) in [4.78, 5) is 25.1. The maximum atomic E-state index is 13.3. The minimum atomic E-state index is -0.692. The van der Waals surface area contributed by atoms with Gasteiger partial charge < -0.3 is 0 Å². The minimum absolute atomic E-state index is 0.149. The lowest BCUT2D eigenvalue weighted by Crippen LogP contribution is -2.55. The van der Waals surface area contributed by atoms with Crippen molar-refractivity contribution >= 4 is 23.4 Å². The summed E-state index contributed by atoms with van der Waals surface area (Å²) in [6.45, 7) is 5.34. The third kappa shape index (κ3) is 4.11. The number of carbonyl (C=O) groups excluding carboxylic acids is 2. The van der Waals surface area contributed by atoms with Crippen LogP contribution in [0.15, 0.2) is 48.5 Å². The quantitative estimate of drug-likeness (QED) is 0.832. The van der Waals surface area contributed by atoms with Gasteiger partial charge >= 0.3 is 0 Å². The zero-order valence-corrected chi connectivity index (χ0v) is 14.4. The van der Waals surface area contributed by atoms with Crippen molar-refractivity contribution in [3.8, 4) is 0 Å². The lowest BCUT2D eigenvalue weighted by atomic mass is 10.1. The lowest BCUT2D eigenvalue weighted by Gasteiger charge is -2.35. The standard InChI is InChI=1S/C18H18ClFN2O2/c1-18(2,3)22(21-16(23)12-7-5-4-6-8-12)17(24)13-9-10-15(20)14(19)11-13/h4-11H,1-3H3,(H,21,23). The Labute approximate surface area is 145 Å². The molecule has 0 aliphatic rings. The van der Waals surface area contributed by atoms with Crippen LogP contribution in [0.1, 0.15) is 41.5 Å². The van der Waals surface area contributed by atoms with E-state index in [4.69, 9.17) is 11.6 Å². The number of hydrazine groups is 1. The molecule has 126 valence electrons. The van der Waals surface area contributed by atoms with E-state index in [1.54, 1.807) is 51.1 Å². The number of halogens is 2. The molecule has 0 heterocycles. The van der Waals surface area contributed by atoms with Gasteiger partial charge in [-0.3, -0.25) is 15.0 Å². The van der Waals surface area contributed by atoms with E-state index in [2.05, 4.69) is 5.43 Å². The fourth-order valence-electron chi connectivity index (χ4n) is 2.04. The van der Waals surface area contributed by atoms with E-state index in [1.165, 1.54) is 17.1 Å². The van der Waals surface area contributed by atoms with Crippen molar-refractivity contribution in [1.82, 2.24) is 10.4 Å². The van der Waals surface area contributed by atoms with Crippen LogP contribution in [0.3, 0.4) is 0 Å². The van der Waals surface area contributed by atoms with Gasteiger partial charge in [0.25, 0.3) is 11.8 Å². The van der Waals surface area contributed by atoms with Gasteiger partial charge in [0.1, 0.15) is 5.82 Å². The average molecular weight is 349 g/mol. The summed E-state index contributed by atoms with van der Waals surface area (Å²) in [5.41, 5.74) is 2.53. The molecule has 2 rings (SSSR count). The Bertz CT molecular complexity index is 757. The average Bonchev–Trinajstić information content (AvgIpc) is 2.54. The maximum absolute atomic E-state index is 13.3. The number of nitrogens with zero attached hydrogens (tertiary/aromatic N) is 1. The molecule has 0 aliphatic heterocycles. The molecule has 2 aromatic rings. The molecule has 0 atom stereocenters. The SMILES string of the molecule is CC(C)(C)N(NC(=O)c1ccccc1)C(=O)c1ccc(F)c(Cl)c1. The van der Waals surface area contributed by atoms with Gasteiger partial charge in [0.2, 0.25) is 0 Å². The van der Waals surface area contributed by atoms with Crippen molar-refractivity contribution in [2.75, 3.05) is 0 Å². The molecule has 0 fully saturated rings. The molecule has 0 aliphatic carbocycles. The Morgan fingerprint density at radius 2 is 1.67 bits per heavy atom. The highest BCUT2D eigenvalue weighted by Gasteiger charge is 2.30. The predicted octanol–water partition coefficient (Wildman–Crippen LogP) is 4.06. The number of amides is 2. The Morgan fingerprint density at radius 3 is 2.21 bits per heavy atom. The summed E-state index contributed by atoms with van der Waals surface area (Å²) >= 11 is 5.75. The van der Waals surface area contributed by atoms with Crippen LogP contribution in [0.2, 0.25) is 5.02 Å². The Kier molecular flexibility index (Phi) is 5.24. The summed E-state index contributed by atoms with van der Waals surface area (Å²) in [5, 5.41) is 1.07. The zero-order chi connectivity index (χ0) is 17.9. The van der Waals surface area contributed by atoms with Gasteiger partial charge in [-0.05, 0) is 51.1 Å². The number of nitrogens with one attached hydrogen (secondary N) is 1. The highest BCUT2D eigenvalue weighted by Crippen LogP contribution is 2.20. The molecule has 2 aromatic carbocycles. The van der Waals surface area contributed by atoms with E-state index in [0.29, 0.717) is 5.56 Å². The van der Waals surface area contributed by atoms with Gasteiger partial charge in [-0.15, -0.1) is 0 Å². The van der Waals surface area contributed by atoms with Crippen molar-refractivity contribution in [2.24, 2.45) is 0 Å². The van der Waals surface area contributed by atoms with E-state index in [0.717, 1.165) is 6.07 Å². The summed E-state index contributed by atoms with van der Waals surface area (Å²) < 4.78 is 13.3. The van der Waals surface area contributed by atoms with Gasteiger partial charge in [0.15, 0.2) is 0 Å². The molecule has 0 saturated heterocycles. The molecule has 4 nitrogen and oxygen atoms in total. The van der Waals surface area contributed by atoms with Gasteiger partial charge in [-0.1, -0.05) is 29.8 Å². The van der Waals surface area contributed by atoms with Gasteiger partial charge in [0, 0.05) is 11.1 Å². The second-order valence-electron chi connectivity index (χ2n) is 6.25. The zero-order valence-electron chi connectivity index (χ0n) is 13.6. The molecule has 24 heavy (non-hydrogen) atoms. The first-order chi connectivity index (χ1) is 11.2. The van der Waals surface area contributed by atoms with Crippen molar-refractivity contribution in [1.29, 1.82) is 0 Å². The van der Waals surface area contributed by atoms with E-state index in [-0.39, 0.29) is 10.6 Å². The fourth-order valence-corrected chi connectivity index (χ4v) is 2.22. The lowest BCUT2D eigenvalue weighted by molar-refractivity contribution is 0.0358. The topological polar surface area (TPSA) is 49.4 Å². The van der Waals surface area contributed by atoms with E-state index in [9.17, 15) is 14.0 Å². The molecule has 0 radical (unpaired) electrons. The van der Waals surface area contributed by atoms with Crippen LogP contribution in [-0.4, -0.2) is 22.4 Å². The highest BCUT2D eigenvalue weighted by molar-refractivity contribution is 6.31. The normalized spacial score (nSPS) is 11.0. The molecule has 0 spiro atoms. The monoisotopic (exact) mass is 348 g/mol. The maximum Gasteiger partial charge on any atom is 0.272 e. The first-order valence-corrected chi connectivity index (χ1v) is 7.73. The molecule has 1 N–H and O–H groups in total. The molecule has 0 unspecified atom stereocenters. The summed E-state index contributed by atoms with van der Waals surface area (Å²) in [6, 6.07) is 12.3. The number of hydrogen-bond acceptors (Lipinski definition) is 2. The van der Waals surface area contributed by atoms with E-state index < -0.39 is 23.2 Å². The second-order valence-corrected chi connectivity index (χ2v) is 6.65. The van der Waals surface area contributed by atoms with Crippen molar-refractivity contribution in [3.05, 3.63) is 70.5 Å². The first kappa shape index (κ1) is 17.9. The molecule has 0 aromatic heterocycles. The largest absolute Gasteiger partial charge is 0.272 e. The molecule has 0 bridgehead atoms. The number of benzene rings is 2. The number of rotatable bonds is 2. The van der Waals surface area contributed by atoms with Gasteiger partial charge in [-0.25, -0.2) is 9.40 Å². The minimum Gasteiger partial charge on any atom is -0.267 e. The van der Waals surface area contributed by atoms with Crippen LogP contribution in [-0.2, 0) is 0 Å². The highest BCUT2D eigenvalue weighted by atomic mass is 35.5. The Morgan fingerprint density at radius 1 is 1.04 bits per heavy atom. The Hall–Kier alpha value is -2.40. The predicted molar refractivity (Wildman–Crippen MR) is 91.2 cm³/mol. The smallest absolute Gasteiger partial charge is 0.267 e. The van der Waals surface area contributed by atoms with Crippen molar-refractivity contribution in [3.63, 3.8) is 0 Å². The number of hydrogen-bond donors (Lipinski definition) is 1. The summed E-state index contributed by atoms with van der Waals surface area (Å²) in [5.74, 6) is -1.50. The van der Waals surface area contributed by atoms with Crippen LogP contribution in [0.5, 0.6) is 0 Å². The van der Waals surface area contributed by atoms with Crippen LogP contribution >= 0.6 is 11.6 Å². The summed E-state index contributed by atoms with van der Waals surface area (Å²) in [6.07, 6.45) is 0. The Balaban J connectivity index is 2.30. The first-order valence-electron chi connectivity index (χ1n) is 7.36. The fraction of sp³-hybridized carbons (Fsp3) is 0.222. The molecular weight excluding hydrogens is 331 g/mol. The third-order valence-electron chi connectivity index (χ3n) is 3.29. The van der Waals surface area contributed by atoms with Crippen LogP contribution in [0.4, 0.5) is 4.39 Å². The van der Waals surface area contributed by atoms with Crippen LogP contribution < -0.4 is 5.43 Å². The van der Waals surface area contributed by atoms with Gasteiger partial charge in [0.05, 0.1) is 10.6 Å². The summed E-state index contributed by atoms with van der Waals surface area (Å²) in [7, 11) is 0. The van der Waals surface area contributed by atoms with Crippen LogP contribution in [0.25, 0.3) is 0 Å². The molecule has 6 heteroatoms.